The summed E-state index contributed by atoms with van der Waals surface area (Å²) in [5.74, 6) is 0.719. The molecule has 1 aliphatic carbocycles. The fourth-order valence-electron chi connectivity index (χ4n) is 3.59. The second kappa shape index (κ2) is 7.59. The highest BCUT2D eigenvalue weighted by Gasteiger charge is 2.28. The molecule has 0 bridgehead atoms. The molecule has 0 unspecified atom stereocenters. The number of nitrogens with zero attached hydrogens (tertiary/aromatic N) is 4. The van der Waals surface area contributed by atoms with Gasteiger partial charge in [-0.2, -0.15) is 0 Å². The van der Waals surface area contributed by atoms with Crippen molar-refractivity contribution in [2.24, 2.45) is 5.92 Å². The molecule has 0 aromatic carbocycles. The van der Waals surface area contributed by atoms with E-state index in [4.69, 9.17) is 5.73 Å². The molecule has 1 aliphatic heterocycles. The lowest BCUT2D eigenvalue weighted by atomic mass is 9.86. The average Bonchev–Trinajstić information content (AvgIpc) is 2.62. The quantitative estimate of drug-likeness (QED) is 0.901. The van der Waals surface area contributed by atoms with Crippen molar-refractivity contribution in [3.8, 4) is 0 Å². The third kappa shape index (κ3) is 3.83. The van der Waals surface area contributed by atoms with Crippen LogP contribution < -0.4 is 5.73 Å². The van der Waals surface area contributed by atoms with Crippen molar-refractivity contribution < 1.29 is 9.59 Å². The molecule has 0 spiro atoms. The van der Waals surface area contributed by atoms with Gasteiger partial charge in [-0.3, -0.25) is 9.59 Å². The Balaban J connectivity index is 1.51. The highest BCUT2D eigenvalue weighted by atomic mass is 16.2. The van der Waals surface area contributed by atoms with Gasteiger partial charge in [0.1, 0.15) is 0 Å². The Bertz CT molecular complexity index is 592. The van der Waals surface area contributed by atoms with E-state index >= 15 is 0 Å². The predicted molar refractivity (Wildman–Crippen MR) is 90.1 cm³/mol. The van der Waals surface area contributed by atoms with Gasteiger partial charge in [0, 0.05) is 45.0 Å². The van der Waals surface area contributed by atoms with E-state index in [0.717, 1.165) is 0 Å². The van der Waals surface area contributed by atoms with E-state index in [2.05, 4.69) is 9.97 Å². The zero-order chi connectivity index (χ0) is 16.9. The molecule has 2 fully saturated rings. The SMILES string of the molecule is Nc1nccnc1C(=O)N1CCN(C(=O)CC2CCCCC2)CC1. The minimum atomic E-state index is -0.208. The molecule has 0 radical (unpaired) electrons. The van der Waals surface area contributed by atoms with Crippen LogP contribution in [0.2, 0.25) is 0 Å². The third-order valence-corrected chi connectivity index (χ3v) is 5.04. The number of nitrogen functional groups attached to an aromatic ring is 1. The molecule has 7 nitrogen and oxygen atoms in total. The lowest BCUT2D eigenvalue weighted by molar-refractivity contribution is -0.133. The third-order valence-electron chi connectivity index (χ3n) is 5.04. The summed E-state index contributed by atoms with van der Waals surface area (Å²) in [6.45, 7) is 2.20. The van der Waals surface area contributed by atoms with Gasteiger partial charge in [-0.1, -0.05) is 19.3 Å². The summed E-state index contributed by atoms with van der Waals surface area (Å²) in [4.78, 5) is 36.4. The molecule has 1 saturated carbocycles. The van der Waals surface area contributed by atoms with E-state index < -0.39 is 0 Å². The highest BCUT2D eigenvalue weighted by molar-refractivity contribution is 5.96. The number of anilines is 1. The maximum atomic E-state index is 12.5. The van der Waals surface area contributed by atoms with E-state index in [-0.39, 0.29) is 23.3 Å². The van der Waals surface area contributed by atoms with Crippen LogP contribution in [0, 0.1) is 5.92 Å². The number of piperazine rings is 1. The Morgan fingerprint density at radius 2 is 1.62 bits per heavy atom. The van der Waals surface area contributed by atoms with Gasteiger partial charge in [-0.05, 0) is 18.8 Å². The first-order valence-electron chi connectivity index (χ1n) is 8.78. The Labute approximate surface area is 142 Å². The number of carbonyl (C=O) groups excluding carboxylic acids is 2. The van der Waals surface area contributed by atoms with E-state index in [1.54, 1.807) is 4.90 Å². The summed E-state index contributed by atoms with van der Waals surface area (Å²) in [6.07, 6.45) is 9.75. The van der Waals surface area contributed by atoms with Gasteiger partial charge >= 0.3 is 0 Å². The zero-order valence-corrected chi connectivity index (χ0v) is 14.0. The van der Waals surface area contributed by atoms with Crippen molar-refractivity contribution in [2.45, 2.75) is 38.5 Å². The Hall–Kier alpha value is -2.18. The van der Waals surface area contributed by atoms with E-state index in [1.807, 2.05) is 4.90 Å². The number of aromatic nitrogens is 2. The van der Waals surface area contributed by atoms with Crippen molar-refractivity contribution >= 4 is 17.6 Å². The number of amides is 2. The summed E-state index contributed by atoms with van der Waals surface area (Å²) >= 11 is 0. The average molecular weight is 331 g/mol. The first-order valence-corrected chi connectivity index (χ1v) is 8.78. The molecule has 0 atom stereocenters. The van der Waals surface area contributed by atoms with Crippen LogP contribution in [0.25, 0.3) is 0 Å². The summed E-state index contributed by atoms with van der Waals surface area (Å²) < 4.78 is 0. The van der Waals surface area contributed by atoms with Gasteiger partial charge in [0.2, 0.25) is 5.91 Å². The minimum absolute atomic E-state index is 0.151. The number of nitrogens with two attached hydrogens (primary N) is 1. The molecule has 2 heterocycles. The van der Waals surface area contributed by atoms with Crippen molar-refractivity contribution in [2.75, 3.05) is 31.9 Å². The van der Waals surface area contributed by atoms with Crippen LogP contribution >= 0.6 is 0 Å². The van der Waals surface area contributed by atoms with Crippen LogP contribution in [-0.2, 0) is 4.79 Å². The van der Waals surface area contributed by atoms with Gasteiger partial charge < -0.3 is 15.5 Å². The van der Waals surface area contributed by atoms with Crippen LogP contribution in [-0.4, -0.2) is 57.8 Å². The first kappa shape index (κ1) is 16.7. The first-order chi connectivity index (χ1) is 11.6. The molecule has 1 aromatic rings. The second-order valence-corrected chi connectivity index (χ2v) is 6.67. The van der Waals surface area contributed by atoms with Gasteiger partial charge in [0.05, 0.1) is 0 Å². The summed E-state index contributed by atoms with van der Waals surface area (Å²) in [7, 11) is 0. The number of carbonyl (C=O) groups is 2. The monoisotopic (exact) mass is 331 g/mol. The molecule has 7 heteroatoms. The van der Waals surface area contributed by atoms with Crippen LogP contribution in [0.5, 0.6) is 0 Å². The number of rotatable bonds is 3. The van der Waals surface area contributed by atoms with Crippen LogP contribution in [0.15, 0.2) is 12.4 Å². The molecule has 2 amide bonds. The largest absolute Gasteiger partial charge is 0.382 e. The van der Waals surface area contributed by atoms with Crippen molar-refractivity contribution in [1.82, 2.24) is 19.8 Å². The Kier molecular flexibility index (Phi) is 5.27. The van der Waals surface area contributed by atoms with Gasteiger partial charge in [-0.15, -0.1) is 0 Å². The van der Waals surface area contributed by atoms with Gasteiger partial charge in [0.15, 0.2) is 11.5 Å². The molecular weight excluding hydrogens is 306 g/mol. The fraction of sp³-hybridized carbons (Fsp3) is 0.647. The smallest absolute Gasteiger partial charge is 0.276 e. The maximum Gasteiger partial charge on any atom is 0.276 e. The van der Waals surface area contributed by atoms with Crippen molar-refractivity contribution in [3.63, 3.8) is 0 Å². The second-order valence-electron chi connectivity index (χ2n) is 6.67. The molecular formula is C17H25N5O2. The van der Waals surface area contributed by atoms with Crippen molar-refractivity contribution in [1.29, 1.82) is 0 Å². The molecule has 24 heavy (non-hydrogen) atoms. The van der Waals surface area contributed by atoms with E-state index in [1.165, 1.54) is 44.5 Å². The summed E-state index contributed by atoms with van der Waals surface area (Å²) in [6, 6.07) is 0. The lowest BCUT2D eigenvalue weighted by Gasteiger charge is -2.35. The molecule has 2 N–H and O–H groups in total. The summed E-state index contributed by atoms with van der Waals surface area (Å²) in [5, 5.41) is 0. The molecule has 1 aromatic heterocycles. The highest BCUT2D eigenvalue weighted by Crippen LogP contribution is 2.27. The molecule has 2 aliphatic rings. The molecule has 130 valence electrons. The zero-order valence-electron chi connectivity index (χ0n) is 14.0. The van der Waals surface area contributed by atoms with Crippen molar-refractivity contribution in [3.05, 3.63) is 18.1 Å². The predicted octanol–water partition coefficient (Wildman–Crippen LogP) is 1.31. The summed E-state index contributed by atoms with van der Waals surface area (Å²) in [5.41, 5.74) is 5.92. The Morgan fingerprint density at radius 3 is 2.29 bits per heavy atom. The normalized spacial score (nSPS) is 19.3. The standard InChI is InChI=1S/C17H25N5O2/c18-16-15(19-6-7-20-16)17(24)22-10-8-21(9-11-22)14(23)12-13-4-2-1-3-5-13/h6-7,13H,1-5,8-12H2,(H2,18,20). The van der Waals surface area contributed by atoms with Crippen LogP contribution in [0.4, 0.5) is 5.82 Å². The number of hydrogen-bond donors (Lipinski definition) is 1. The van der Waals surface area contributed by atoms with Crippen LogP contribution in [0.1, 0.15) is 49.0 Å². The van der Waals surface area contributed by atoms with E-state index in [0.29, 0.717) is 38.5 Å². The van der Waals surface area contributed by atoms with Gasteiger partial charge in [-0.25, -0.2) is 9.97 Å². The molecule has 1 saturated heterocycles. The topological polar surface area (TPSA) is 92.4 Å². The molecule has 3 rings (SSSR count). The van der Waals surface area contributed by atoms with E-state index in [9.17, 15) is 9.59 Å². The minimum Gasteiger partial charge on any atom is -0.382 e. The Morgan fingerprint density at radius 1 is 1.00 bits per heavy atom. The maximum absolute atomic E-state index is 12.5. The lowest BCUT2D eigenvalue weighted by Crippen LogP contribution is -2.51. The fourth-order valence-corrected chi connectivity index (χ4v) is 3.59. The number of hydrogen-bond acceptors (Lipinski definition) is 5. The van der Waals surface area contributed by atoms with Crippen LogP contribution in [0.3, 0.4) is 0 Å². The van der Waals surface area contributed by atoms with Gasteiger partial charge in [0.25, 0.3) is 5.91 Å².